The number of nitrogens with two attached hydrogens (primary N) is 2. The molecule has 0 saturated carbocycles. The molecule has 1 rings (SSSR count). The Kier molecular flexibility index (Phi) is 19.1. The Morgan fingerprint density at radius 3 is 1.66 bits per heavy atom. The fourth-order valence-corrected chi connectivity index (χ4v) is 6.54. The molecular weight excluding hydrogens is 756 g/mol. The number of hydrogen-bond acceptors (Lipinski definition) is 17. The van der Waals surface area contributed by atoms with Crippen molar-refractivity contribution in [1.29, 1.82) is 0 Å². The van der Waals surface area contributed by atoms with Crippen LogP contribution in [-0.2, 0) is 57.4 Å². The van der Waals surface area contributed by atoms with Crippen LogP contribution in [0.25, 0.3) is 0 Å². The van der Waals surface area contributed by atoms with Crippen molar-refractivity contribution in [2.24, 2.45) is 11.5 Å². The number of esters is 2. The van der Waals surface area contributed by atoms with Gasteiger partial charge in [0.2, 0.25) is 29.4 Å². The molecule has 4 amide bonds. The Labute approximate surface area is 308 Å². The summed E-state index contributed by atoms with van der Waals surface area (Å²) in [6.07, 6.45) is -1.60. The van der Waals surface area contributed by atoms with Gasteiger partial charge in [-0.3, -0.25) is 38.4 Å². The molecule has 0 aromatic rings. The van der Waals surface area contributed by atoms with Gasteiger partial charge in [0.1, 0.15) is 37.3 Å². The third kappa shape index (κ3) is 15.2. The van der Waals surface area contributed by atoms with E-state index in [4.69, 9.17) is 41.4 Å². The Bertz CT molecular complexity index is 1480. The van der Waals surface area contributed by atoms with Crippen molar-refractivity contribution in [3.8, 4) is 0 Å². The lowest BCUT2D eigenvalue weighted by Crippen LogP contribution is -2.51. The van der Waals surface area contributed by atoms with E-state index in [1.54, 1.807) is 0 Å². The largest absolute Gasteiger partial charge is 0.501 e. The lowest BCUT2D eigenvalue weighted by atomic mass is 10.1. The standard InChI is InChI=1S/C28H40N6O17S2/c1-2-50-27(49)28(11-52-9-14(22(42)31-7-18(37)38)33-16(35)5-3-12(29)24(44)45)21(20(41)26(48)51-28)53-10-15(23(43)32-8-19(39)40)34-17(36)6-4-13(30)25(46)47/h12-15,41H,2-11,29-30H2,1H3,(H,31,42)(H,32,43)(H,33,35)(H,34,36)(H,37,38)(H,39,40)(H,44,45)(H,46,47). The number of aliphatic hydroxyl groups is 1. The molecule has 0 aromatic heterocycles. The van der Waals surface area contributed by atoms with Gasteiger partial charge in [-0.15, -0.1) is 11.8 Å². The maximum absolute atomic E-state index is 13.4. The van der Waals surface area contributed by atoms with E-state index in [1.807, 2.05) is 5.32 Å². The van der Waals surface area contributed by atoms with E-state index >= 15 is 0 Å². The molecule has 25 heteroatoms. The maximum atomic E-state index is 13.4. The third-order valence-electron chi connectivity index (χ3n) is 6.76. The van der Waals surface area contributed by atoms with Crippen molar-refractivity contribution in [2.75, 3.05) is 37.0 Å². The van der Waals surface area contributed by atoms with Gasteiger partial charge in [-0.2, -0.15) is 11.8 Å². The monoisotopic (exact) mass is 796 g/mol. The first-order valence-corrected chi connectivity index (χ1v) is 17.5. The van der Waals surface area contributed by atoms with E-state index in [1.165, 1.54) is 6.92 Å². The van der Waals surface area contributed by atoms with Gasteiger partial charge in [0.15, 0.2) is 0 Å². The summed E-state index contributed by atoms with van der Waals surface area (Å²) in [5.41, 5.74) is 8.36. The number of carbonyl (C=O) groups is 10. The number of ether oxygens (including phenoxy) is 2. The second-order valence-electron chi connectivity index (χ2n) is 10.9. The lowest BCUT2D eigenvalue weighted by molar-refractivity contribution is -0.169. The molecule has 1 aliphatic heterocycles. The fourth-order valence-electron chi connectivity index (χ4n) is 4.04. The van der Waals surface area contributed by atoms with Crippen LogP contribution in [0.5, 0.6) is 0 Å². The number of thioether (sulfide) groups is 2. The first-order valence-electron chi connectivity index (χ1n) is 15.3. The summed E-state index contributed by atoms with van der Waals surface area (Å²) >= 11 is 1.13. The Hall–Kier alpha value is -5.14. The molecule has 53 heavy (non-hydrogen) atoms. The van der Waals surface area contributed by atoms with Gasteiger partial charge in [0.25, 0.3) is 5.60 Å². The molecule has 1 heterocycles. The Morgan fingerprint density at radius 2 is 1.25 bits per heavy atom. The van der Waals surface area contributed by atoms with Crippen LogP contribution in [0.15, 0.2) is 10.7 Å². The van der Waals surface area contributed by atoms with Crippen molar-refractivity contribution in [1.82, 2.24) is 21.3 Å². The van der Waals surface area contributed by atoms with Crippen molar-refractivity contribution in [3.05, 3.63) is 10.7 Å². The van der Waals surface area contributed by atoms with Crippen LogP contribution in [0.4, 0.5) is 0 Å². The first-order chi connectivity index (χ1) is 24.7. The zero-order valence-electron chi connectivity index (χ0n) is 28.0. The van der Waals surface area contributed by atoms with E-state index in [9.17, 15) is 53.1 Å². The van der Waals surface area contributed by atoms with E-state index in [-0.39, 0.29) is 19.4 Å². The van der Waals surface area contributed by atoms with Crippen LogP contribution in [0, 0.1) is 0 Å². The molecule has 0 saturated heterocycles. The number of aliphatic hydroxyl groups excluding tert-OH is 1. The molecular formula is C28H40N6O17S2. The minimum absolute atomic E-state index is 0.273. The normalized spacial score (nSPS) is 17.3. The summed E-state index contributed by atoms with van der Waals surface area (Å²) in [6.45, 7) is -0.616. The molecule has 13 N–H and O–H groups in total. The van der Waals surface area contributed by atoms with Crippen molar-refractivity contribution >= 4 is 83.0 Å². The molecule has 0 radical (unpaired) electrons. The zero-order chi connectivity index (χ0) is 40.5. The summed E-state index contributed by atoms with van der Waals surface area (Å²) in [4.78, 5) is 120. The molecule has 0 fully saturated rings. The van der Waals surface area contributed by atoms with Crippen LogP contribution in [0.2, 0.25) is 0 Å². The summed E-state index contributed by atoms with van der Waals surface area (Å²) in [5, 5.41) is 55.2. The number of carboxylic acid groups (broad SMARTS) is 4. The SMILES string of the molecule is CCOC(=O)C1(CSCC(NC(=O)CCC(N)C(=O)O)C(=O)NCC(=O)O)OC(=O)C(O)=C1SCC(NC(=O)CCC(N)C(=O)O)C(=O)NCC(=O)O. The van der Waals surface area contributed by atoms with Crippen LogP contribution >= 0.6 is 23.5 Å². The Balaban J connectivity index is 3.34. The maximum Gasteiger partial charge on any atom is 0.375 e. The Morgan fingerprint density at radius 1 is 0.792 bits per heavy atom. The number of hydrogen-bond donors (Lipinski definition) is 11. The van der Waals surface area contributed by atoms with Crippen LogP contribution < -0.4 is 32.7 Å². The van der Waals surface area contributed by atoms with E-state index in [0.717, 1.165) is 0 Å². The molecule has 296 valence electrons. The molecule has 0 aliphatic carbocycles. The highest BCUT2D eigenvalue weighted by Gasteiger charge is 2.56. The first kappa shape index (κ1) is 45.9. The molecule has 1 aliphatic rings. The highest BCUT2D eigenvalue weighted by Crippen LogP contribution is 2.43. The number of cyclic esters (lactones) is 1. The minimum atomic E-state index is -2.45. The van der Waals surface area contributed by atoms with Gasteiger partial charge >= 0.3 is 35.8 Å². The van der Waals surface area contributed by atoms with Gasteiger partial charge < -0.3 is 67.7 Å². The topological polar surface area (TPSA) is 390 Å². The summed E-state index contributed by atoms with van der Waals surface area (Å²) in [7, 11) is 0. The number of rotatable bonds is 25. The number of carboxylic acids is 4. The minimum Gasteiger partial charge on any atom is -0.501 e. The molecule has 5 atom stereocenters. The number of aliphatic carboxylic acids is 4. The quantitative estimate of drug-likeness (QED) is 0.0390. The van der Waals surface area contributed by atoms with Crippen LogP contribution in [-0.4, -0.2) is 152 Å². The van der Waals surface area contributed by atoms with Gasteiger partial charge in [0, 0.05) is 30.1 Å². The summed E-state index contributed by atoms with van der Waals surface area (Å²) in [6, 6.07) is -5.95. The lowest BCUT2D eigenvalue weighted by Gasteiger charge is -2.29. The molecule has 0 spiro atoms. The summed E-state index contributed by atoms with van der Waals surface area (Å²) < 4.78 is 10.4. The van der Waals surface area contributed by atoms with Crippen LogP contribution in [0.3, 0.4) is 0 Å². The summed E-state index contributed by atoms with van der Waals surface area (Å²) in [5.74, 6) is -14.9. The average molecular weight is 797 g/mol. The second kappa shape index (κ2) is 22.0. The highest BCUT2D eigenvalue weighted by molar-refractivity contribution is 8.03. The van der Waals surface area contributed by atoms with Gasteiger partial charge in [-0.1, -0.05) is 0 Å². The molecule has 5 unspecified atom stereocenters. The van der Waals surface area contributed by atoms with Crippen molar-refractivity contribution < 1.29 is 83.0 Å². The molecule has 23 nitrogen and oxygen atoms in total. The predicted octanol–water partition coefficient (Wildman–Crippen LogP) is -4.16. The average Bonchev–Trinajstić information content (AvgIpc) is 3.33. The van der Waals surface area contributed by atoms with Crippen molar-refractivity contribution in [3.63, 3.8) is 0 Å². The molecule has 0 aromatic carbocycles. The second-order valence-corrected chi connectivity index (χ2v) is 12.9. The van der Waals surface area contributed by atoms with E-state index in [0.29, 0.717) is 23.5 Å². The smallest absolute Gasteiger partial charge is 0.375 e. The van der Waals surface area contributed by atoms with E-state index in [2.05, 4.69) is 16.0 Å². The fraction of sp³-hybridized carbons (Fsp3) is 0.571. The van der Waals surface area contributed by atoms with Gasteiger partial charge in [-0.25, -0.2) is 9.59 Å². The van der Waals surface area contributed by atoms with Gasteiger partial charge in [-0.05, 0) is 19.8 Å². The van der Waals surface area contributed by atoms with Crippen LogP contribution in [0.1, 0.15) is 32.6 Å². The van der Waals surface area contributed by atoms with Crippen molar-refractivity contribution in [2.45, 2.75) is 62.4 Å². The zero-order valence-corrected chi connectivity index (χ0v) is 29.6. The molecule has 0 bridgehead atoms. The number of amides is 4. The van der Waals surface area contributed by atoms with Gasteiger partial charge in [0.05, 0.1) is 11.5 Å². The number of nitrogens with one attached hydrogen (secondary N) is 4. The highest BCUT2D eigenvalue weighted by atomic mass is 32.2. The number of carbonyl (C=O) groups excluding carboxylic acids is 6. The third-order valence-corrected chi connectivity index (χ3v) is 9.25. The van der Waals surface area contributed by atoms with E-state index < -0.39 is 143 Å². The predicted molar refractivity (Wildman–Crippen MR) is 180 cm³/mol.